The molecule has 1 aromatic carbocycles. The first-order chi connectivity index (χ1) is 14.6. The number of hydrogen-bond acceptors (Lipinski definition) is 5. The lowest BCUT2D eigenvalue weighted by Crippen LogP contribution is -2.41. The summed E-state index contributed by atoms with van der Waals surface area (Å²) in [7, 11) is 0. The zero-order chi connectivity index (χ0) is 20.9. The van der Waals surface area contributed by atoms with E-state index in [0.29, 0.717) is 16.8 Å². The third-order valence-electron chi connectivity index (χ3n) is 5.72. The highest BCUT2D eigenvalue weighted by Crippen LogP contribution is 2.29. The van der Waals surface area contributed by atoms with Gasteiger partial charge in [-0.1, -0.05) is 49.7 Å². The van der Waals surface area contributed by atoms with Crippen LogP contribution in [0.1, 0.15) is 38.2 Å². The van der Waals surface area contributed by atoms with E-state index >= 15 is 0 Å². The maximum atomic E-state index is 12.6. The van der Waals surface area contributed by atoms with Crippen LogP contribution < -0.4 is 5.32 Å². The second kappa shape index (κ2) is 9.43. The van der Waals surface area contributed by atoms with E-state index in [1.807, 2.05) is 28.8 Å². The second-order valence-corrected chi connectivity index (χ2v) is 8.83. The molecule has 0 aliphatic heterocycles. The summed E-state index contributed by atoms with van der Waals surface area (Å²) >= 11 is 1.43. The lowest BCUT2D eigenvalue weighted by atomic mass is 9.86. The van der Waals surface area contributed by atoms with Gasteiger partial charge in [0.1, 0.15) is 0 Å². The van der Waals surface area contributed by atoms with E-state index in [9.17, 15) is 4.79 Å². The Morgan fingerprint density at radius 2 is 1.90 bits per heavy atom. The van der Waals surface area contributed by atoms with Gasteiger partial charge in [-0.3, -0.25) is 14.3 Å². The molecule has 0 bridgehead atoms. The highest BCUT2D eigenvalue weighted by Gasteiger charge is 2.23. The van der Waals surface area contributed by atoms with Gasteiger partial charge in [-0.15, -0.1) is 10.2 Å². The summed E-state index contributed by atoms with van der Waals surface area (Å²) in [4.78, 5) is 16.7. The van der Waals surface area contributed by atoms with E-state index in [0.717, 1.165) is 29.1 Å². The molecular formula is C23H27N5OS. The Kier molecular flexibility index (Phi) is 6.47. The van der Waals surface area contributed by atoms with Gasteiger partial charge in [0.05, 0.1) is 11.4 Å². The van der Waals surface area contributed by atoms with Crippen LogP contribution in [-0.2, 0) is 4.79 Å². The number of amides is 1. The first-order valence-corrected chi connectivity index (χ1v) is 11.5. The minimum absolute atomic E-state index is 0.0588. The number of nitrogens with zero attached hydrogens (tertiary/aromatic N) is 4. The van der Waals surface area contributed by atoms with Crippen LogP contribution in [0, 0.1) is 12.8 Å². The number of thioether (sulfide) groups is 1. The van der Waals surface area contributed by atoms with Crippen molar-refractivity contribution in [2.24, 2.45) is 5.92 Å². The molecule has 0 saturated heterocycles. The number of benzene rings is 1. The van der Waals surface area contributed by atoms with Crippen molar-refractivity contribution >= 4 is 17.7 Å². The lowest BCUT2D eigenvalue weighted by molar-refractivity contribution is -0.119. The van der Waals surface area contributed by atoms with Crippen LogP contribution in [-0.4, -0.2) is 37.5 Å². The number of pyridine rings is 1. The number of nitrogens with one attached hydrogen (secondary N) is 1. The van der Waals surface area contributed by atoms with Crippen LogP contribution in [0.5, 0.6) is 0 Å². The number of carbonyl (C=O) groups excluding carboxylic acids is 1. The standard InChI is InChI=1S/C23H27N5OS/c1-16-7-3-5-9-19(16)25-21(29)15-30-23-27-26-22(18-11-13-24-14-12-18)28(23)20-10-6-4-8-17(20)2/h4,6,8,10-14,16,19H,3,5,7,9,15H2,1-2H3,(H,25,29)/t16-,19+/m0/s1. The normalized spacial score (nSPS) is 18.9. The Bertz CT molecular complexity index is 1000. The summed E-state index contributed by atoms with van der Waals surface area (Å²) in [5, 5.41) is 12.8. The van der Waals surface area contributed by atoms with E-state index in [1.165, 1.54) is 31.0 Å². The van der Waals surface area contributed by atoms with Crippen molar-refractivity contribution in [2.75, 3.05) is 5.75 Å². The Labute approximate surface area is 181 Å². The maximum absolute atomic E-state index is 12.6. The predicted molar refractivity (Wildman–Crippen MR) is 120 cm³/mol. The van der Waals surface area contributed by atoms with Crippen molar-refractivity contribution < 1.29 is 4.79 Å². The van der Waals surface area contributed by atoms with Crippen molar-refractivity contribution in [3.63, 3.8) is 0 Å². The molecule has 2 heterocycles. The molecule has 3 aromatic rings. The van der Waals surface area contributed by atoms with E-state index in [2.05, 4.69) is 46.5 Å². The van der Waals surface area contributed by atoms with Gasteiger partial charge in [0.15, 0.2) is 11.0 Å². The topological polar surface area (TPSA) is 72.7 Å². The average Bonchev–Trinajstić information content (AvgIpc) is 3.18. The number of carbonyl (C=O) groups is 1. The van der Waals surface area contributed by atoms with Crippen LogP contribution in [0.15, 0.2) is 53.9 Å². The number of aryl methyl sites for hydroxylation is 1. The third kappa shape index (κ3) is 4.56. The van der Waals surface area contributed by atoms with Gasteiger partial charge >= 0.3 is 0 Å². The molecule has 4 rings (SSSR count). The van der Waals surface area contributed by atoms with Crippen LogP contribution in [0.3, 0.4) is 0 Å². The van der Waals surface area contributed by atoms with Gasteiger partial charge in [-0.25, -0.2) is 0 Å². The molecule has 2 aromatic heterocycles. The third-order valence-corrected chi connectivity index (χ3v) is 6.65. The van der Waals surface area contributed by atoms with E-state index < -0.39 is 0 Å². The van der Waals surface area contributed by atoms with Gasteiger partial charge in [-0.2, -0.15) is 0 Å². The van der Waals surface area contributed by atoms with Crippen LogP contribution in [0.4, 0.5) is 0 Å². The molecular weight excluding hydrogens is 394 g/mol. The summed E-state index contributed by atoms with van der Waals surface area (Å²) in [5.74, 6) is 1.67. The monoisotopic (exact) mass is 421 g/mol. The minimum atomic E-state index is 0.0588. The Morgan fingerprint density at radius 3 is 2.67 bits per heavy atom. The van der Waals surface area contributed by atoms with Gasteiger partial charge in [0, 0.05) is 24.0 Å². The first kappa shape index (κ1) is 20.6. The van der Waals surface area contributed by atoms with Crippen LogP contribution in [0.2, 0.25) is 0 Å². The van der Waals surface area contributed by atoms with E-state index in [1.54, 1.807) is 12.4 Å². The van der Waals surface area contributed by atoms with E-state index in [4.69, 9.17) is 0 Å². The fourth-order valence-corrected chi connectivity index (χ4v) is 4.75. The molecule has 0 unspecified atom stereocenters. The van der Waals surface area contributed by atoms with Gasteiger partial charge in [-0.05, 0) is 49.4 Å². The molecule has 0 radical (unpaired) electrons. The summed E-state index contributed by atoms with van der Waals surface area (Å²) in [6.07, 6.45) is 8.21. The number of hydrogen-bond donors (Lipinski definition) is 1. The second-order valence-electron chi connectivity index (χ2n) is 7.89. The molecule has 1 fully saturated rings. The Balaban J connectivity index is 1.57. The molecule has 0 spiro atoms. The fourth-order valence-electron chi connectivity index (χ4n) is 3.99. The van der Waals surface area contributed by atoms with Crippen molar-refractivity contribution in [3.05, 3.63) is 54.4 Å². The minimum Gasteiger partial charge on any atom is -0.352 e. The molecule has 6 nitrogen and oxygen atoms in total. The predicted octanol–water partition coefficient (Wildman–Crippen LogP) is 4.42. The summed E-state index contributed by atoms with van der Waals surface area (Å²) in [6.45, 7) is 4.30. The van der Waals surface area contributed by atoms with Crippen LogP contribution >= 0.6 is 11.8 Å². The quantitative estimate of drug-likeness (QED) is 0.596. The van der Waals surface area contributed by atoms with Gasteiger partial charge in [0.25, 0.3) is 0 Å². The molecule has 30 heavy (non-hydrogen) atoms. The molecule has 1 amide bonds. The van der Waals surface area contributed by atoms with E-state index in [-0.39, 0.29) is 11.9 Å². The molecule has 1 saturated carbocycles. The van der Waals surface area contributed by atoms with Gasteiger partial charge in [0.2, 0.25) is 5.91 Å². The maximum Gasteiger partial charge on any atom is 0.230 e. The van der Waals surface area contributed by atoms with Crippen molar-refractivity contribution in [2.45, 2.75) is 50.7 Å². The molecule has 156 valence electrons. The molecule has 1 aliphatic carbocycles. The zero-order valence-electron chi connectivity index (χ0n) is 17.4. The van der Waals surface area contributed by atoms with Crippen LogP contribution in [0.25, 0.3) is 17.1 Å². The highest BCUT2D eigenvalue weighted by molar-refractivity contribution is 7.99. The number of para-hydroxylation sites is 1. The smallest absolute Gasteiger partial charge is 0.230 e. The summed E-state index contributed by atoms with van der Waals surface area (Å²) < 4.78 is 2.03. The largest absolute Gasteiger partial charge is 0.352 e. The summed E-state index contributed by atoms with van der Waals surface area (Å²) in [5.41, 5.74) is 3.07. The number of rotatable bonds is 6. The number of aromatic nitrogens is 4. The molecule has 1 N–H and O–H groups in total. The van der Waals surface area contributed by atoms with Crippen molar-refractivity contribution in [1.29, 1.82) is 0 Å². The molecule has 2 atom stereocenters. The lowest BCUT2D eigenvalue weighted by Gasteiger charge is -2.29. The average molecular weight is 422 g/mol. The molecule has 1 aliphatic rings. The van der Waals surface area contributed by atoms with Crippen molar-refractivity contribution in [1.82, 2.24) is 25.1 Å². The SMILES string of the molecule is Cc1ccccc1-n1c(SCC(=O)N[C@@H]2CCCC[C@@H]2C)nnc1-c1ccncc1. The Hall–Kier alpha value is -2.67. The van der Waals surface area contributed by atoms with Crippen molar-refractivity contribution in [3.8, 4) is 17.1 Å². The first-order valence-electron chi connectivity index (χ1n) is 10.5. The molecule has 7 heteroatoms. The Morgan fingerprint density at radius 1 is 1.13 bits per heavy atom. The highest BCUT2D eigenvalue weighted by atomic mass is 32.2. The zero-order valence-corrected chi connectivity index (χ0v) is 18.2. The van der Waals surface area contributed by atoms with Gasteiger partial charge < -0.3 is 5.32 Å². The summed E-state index contributed by atoms with van der Waals surface area (Å²) in [6, 6.07) is 12.3. The fraction of sp³-hybridized carbons (Fsp3) is 0.391.